The molecule has 1 aliphatic rings. The molecule has 1 aromatic carbocycles. The molecule has 2 N–H and O–H groups in total. The van der Waals surface area contributed by atoms with Gasteiger partial charge in [-0.25, -0.2) is 9.37 Å². The fraction of sp³-hybridized carbons (Fsp3) is 0.286. The van der Waals surface area contributed by atoms with Crippen molar-refractivity contribution < 1.29 is 23.1 Å². The number of amides is 1. The molecule has 2 aromatic heterocycles. The number of alkyl halides is 4. The molecule has 1 fully saturated rings. The number of pyridine rings is 2. The van der Waals surface area contributed by atoms with Crippen molar-refractivity contribution in [3.8, 4) is 11.1 Å². The van der Waals surface area contributed by atoms with Crippen molar-refractivity contribution in [3.63, 3.8) is 0 Å². The molecule has 1 aliphatic carbocycles. The molecule has 10 heteroatoms. The average Bonchev–Trinajstić information content (AvgIpc) is 3.45. The average molecular weight is 562 g/mol. The van der Waals surface area contributed by atoms with E-state index in [1.807, 2.05) is 12.1 Å². The maximum Gasteiger partial charge on any atom is 0.327 e. The van der Waals surface area contributed by atoms with Crippen molar-refractivity contribution in [2.75, 3.05) is 5.32 Å². The minimum absolute atomic E-state index is 0.0242. The van der Waals surface area contributed by atoms with E-state index in [0.29, 0.717) is 16.9 Å². The first-order valence-electron chi connectivity index (χ1n) is 9.31. The molecule has 3 atom stereocenters. The topological polar surface area (TPSA) is 75.1 Å². The number of rotatable bonds is 5. The number of aromatic nitrogens is 2. The van der Waals surface area contributed by atoms with Crippen LogP contribution in [-0.2, 0) is 4.79 Å². The minimum atomic E-state index is -3.41. The zero-order chi connectivity index (χ0) is 22.5. The molecular weight excluding hydrogens is 546 g/mol. The predicted molar refractivity (Wildman–Crippen MR) is 120 cm³/mol. The molecule has 1 amide bonds. The number of hydrogen-bond donors (Lipinski definition) is 2. The fourth-order valence-corrected chi connectivity index (χ4v) is 3.82. The lowest BCUT2D eigenvalue weighted by Crippen LogP contribution is -2.20. The monoisotopic (exact) mass is 561 g/mol. The number of hydrogen-bond acceptors (Lipinski definition) is 4. The molecule has 31 heavy (non-hydrogen) atoms. The third-order valence-corrected chi connectivity index (χ3v) is 6.26. The zero-order valence-corrected chi connectivity index (χ0v) is 19.0. The molecule has 0 spiro atoms. The largest absolute Gasteiger partial charge is 0.380 e. The summed E-state index contributed by atoms with van der Waals surface area (Å²) >= 11 is 7.09. The van der Waals surface area contributed by atoms with Gasteiger partial charge < -0.3 is 10.4 Å². The molecule has 0 aliphatic heterocycles. The van der Waals surface area contributed by atoms with Crippen molar-refractivity contribution in [2.45, 2.75) is 29.5 Å². The maximum atomic E-state index is 13.5. The first kappa shape index (κ1) is 22.2. The summed E-state index contributed by atoms with van der Waals surface area (Å²) in [6, 6.07) is 7.13. The molecule has 3 aromatic rings. The van der Waals surface area contributed by atoms with Crippen LogP contribution in [0.4, 0.5) is 19.0 Å². The number of carbonyl (C=O) groups is 1. The van der Waals surface area contributed by atoms with Gasteiger partial charge >= 0.3 is 3.93 Å². The second kappa shape index (κ2) is 8.18. The number of fused-ring (bicyclic) bond motifs is 1. The highest BCUT2D eigenvalue weighted by Crippen LogP contribution is 2.41. The molecule has 5 nitrogen and oxygen atoms in total. The normalized spacial score (nSPS) is 19.3. The molecule has 4 rings (SSSR count). The number of carbonyl (C=O) groups excluding carboxylic acids is 1. The second-order valence-electron chi connectivity index (χ2n) is 7.42. The van der Waals surface area contributed by atoms with Crippen LogP contribution in [-0.4, -0.2) is 31.1 Å². The van der Waals surface area contributed by atoms with Gasteiger partial charge in [0.1, 0.15) is 12.0 Å². The van der Waals surface area contributed by atoms with Crippen molar-refractivity contribution in [1.82, 2.24) is 9.97 Å². The van der Waals surface area contributed by atoms with Crippen LogP contribution in [0.1, 0.15) is 23.8 Å². The molecule has 162 valence electrons. The number of benzene rings is 1. The van der Waals surface area contributed by atoms with E-state index < -0.39 is 22.1 Å². The van der Waals surface area contributed by atoms with Gasteiger partial charge in [0.05, 0.1) is 16.6 Å². The third kappa shape index (κ3) is 4.49. The Balaban J connectivity index is 1.63. The molecule has 0 radical (unpaired) electrons. The summed E-state index contributed by atoms with van der Waals surface area (Å²) in [6.07, 6.45) is 0.0135. The Hall–Kier alpha value is -1.98. The van der Waals surface area contributed by atoms with Crippen molar-refractivity contribution in [3.05, 3.63) is 52.9 Å². The summed E-state index contributed by atoms with van der Waals surface area (Å²) in [5.41, 5.74) is 1.59. The van der Waals surface area contributed by atoms with Crippen LogP contribution in [0.15, 0.2) is 36.7 Å². The summed E-state index contributed by atoms with van der Waals surface area (Å²) in [4.78, 5) is 20.1. The number of anilines is 1. The second-order valence-corrected chi connectivity index (χ2v) is 9.24. The smallest absolute Gasteiger partial charge is 0.327 e. The molecule has 2 heterocycles. The minimum Gasteiger partial charge on any atom is -0.380 e. The lowest BCUT2D eigenvalue weighted by molar-refractivity contribution is -0.117. The summed E-state index contributed by atoms with van der Waals surface area (Å²) < 4.78 is 36.6. The standard InChI is InChI=1S/C21H16ClF3IN3O2/c1-9-14(8-28-18(17(9)22)19(30)21(24,25)26)11-3-2-10-5-16(27-7-12(10)4-11)29-20(31)13-6-15(13)23/h2-5,7-8,13,15,19,30H,6H2,1H3,(H,27,29,31)/t13-,15+,19-/m1/s1. The van der Waals surface area contributed by atoms with Crippen molar-refractivity contribution >= 4 is 56.7 Å². The van der Waals surface area contributed by atoms with Gasteiger partial charge in [0, 0.05) is 45.9 Å². The van der Waals surface area contributed by atoms with E-state index in [-0.39, 0.29) is 23.0 Å². The van der Waals surface area contributed by atoms with Crippen LogP contribution >= 0.6 is 34.2 Å². The SMILES string of the molecule is Cc1c(-c2ccc3cc(NC(=O)[C@@H]4C[C@@H]4F)ncc3c2)cnc([C@@H](O)C(F)(F)I)c1Cl. The summed E-state index contributed by atoms with van der Waals surface area (Å²) in [5, 5.41) is 14.0. The highest BCUT2D eigenvalue weighted by atomic mass is 127. The van der Waals surface area contributed by atoms with Gasteiger partial charge in [-0.15, -0.1) is 0 Å². The van der Waals surface area contributed by atoms with Crippen LogP contribution in [0.25, 0.3) is 21.9 Å². The van der Waals surface area contributed by atoms with E-state index >= 15 is 0 Å². The molecular formula is C21H16ClF3IN3O2. The summed E-state index contributed by atoms with van der Waals surface area (Å²) in [5.74, 6) is -0.649. The van der Waals surface area contributed by atoms with Crippen LogP contribution < -0.4 is 5.32 Å². The molecule has 0 unspecified atom stereocenters. The highest BCUT2D eigenvalue weighted by molar-refractivity contribution is 14.1. The Bertz CT molecular complexity index is 1190. The lowest BCUT2D eigenvalue weighted by atomic mass is 9.99. The fourth-order valence-electron chi connectivity index (χ4n) is 3.27. The lowest BCUT2D eigenvalue weighted by Gasteiger charge is -2.19. The van der Waals surface area contributed by atoms with E-state index in [4.69, 9.17) is 11.6 Å². The Kier molecular flexibility index (Phi) is 5.86. The Morgan fingerprint density at radius 3 is 2.65 bits per heavy atom. The van der Waals surface area contributed by atoms with Gasteiger partial charge in [-0.2, -0.15) is 8.78 Å². The van der Waals surface area contributed by atoms with Crippen LogP contribution in [0.2, 0.25) is 5.02 Å². The van der Waals surface area contributed by atoms with E-state index in [1.54, 1.807) is 25.3 Å². The number of nitrogens with one attached hydrogen (secondary N) is 1. The van der Waals surface area contributed by atoms with Gasteiger partial charge in [0.15, 0.2) is 6.10 Å². The van der Waals surface area contributed by atoms with E-state index in [9.17, 15) is 23.1 Å². The van der Waals surface area contributed by atoms with Gasteiger partial charge in [-0.3, -0.25) is 9.78 Å². The Labute approximate surface area is 194 Å². The van der Waals surface area contributed by atoms with Gasteiger partial charge in [-0.05, 0) is 42.0 Å². The van der Waals surface area contributed by atoms with E-state index in [2.05, 4.69) is 15.3 Å². The van der Waals surface area contributed by atoms with Crippen molar-refractivity contribution in [2.24, 2.45) is 5.92 Å². The Morgan fingerprint density at radius 1 is 1.29 bits per heavy atom. The third-order valence-electron chi connectivity index (χ3n) is 5.19. The zero-order valence-electron chi connectivity index (χ0n) is 16.0. The first-order valence-corrected chi connectivity index (χ1v) is 10.8. The number of aliphatic hydroxyl groups excluding tert-OH is 1. The predicted octanol–water partition coefficient (Wildman–Crippen LogP) is 5.62. The number of aliphatic hydroxyl groups is 1. The van der Waals surface area contributed by atoms with Crippen LogP contribution in [0.3, 0.4) is 0 Å². The Morgan fingerprint density at radius 2 is 2.00 bits per heavy atom. The molecule has 0 saturated heterocycles. The van der Waals surface area contributed by atoms with E-state index in [0.717, 1.165) is 38.9 Å². The van der Waals surface area contributed by atoms with Crippen LogP contribution in [0.5, 0.6) is 0 Å². The van der Waals surface area contributed by atoms with Gasteiger partial charge in [-0.1, -0.05) is 23.7 Å². The highest BCUT2D eigenvalue weighted by Gasteiger charge is 2.43. The van der Waals surface area contributed by atoms with Crippen LogP contribution in [0, 0.1) is 12.8 Å². The van der Waals surface area contributed by atoms with Crippen molar-refractivity contribution in [1.29, 1.82) is 0 Å². The van der Waals surface area contributed by atoms with E-state index in [1.165, 1.54) is 6.20 Å². The maximum absolute atomic E-state index is 13.5. The van der Waals surface area contributed by atoms with Gasteiger partial charge in [0.2, 0.25) is 5.91 Å². The number of halogens is 5. The quantitative estimate of drug-likeness (QED) is 0.313. The summed E-state index contributed by atoms with van der Waals surface area (Å²) in [7, 11) is 0. The number of nitrogens with zero attached hydrogens (tertiary/aromatic N) is 2. The van der Waals surface area contributed by atoms with Gasteiger partial charge in [0.25, 0.3) is 0 Å². The summed E-state index contributed by atoms with van der Waals surface area (Å²) in [6.45, 7) is 1.66. The molecule has 1 saturated carbocycles. The first-order chi connectivity index (χ1) is 14.6. The molecule has 0 bridgehead atoms.